The van der Waals surface area contributed by atoms with Gasteiger partial charge in [0.15, 0.2) is 5.82 Å². The van der Waals surface area contributed by atoms with Gasteiger partial charge >= 0.3 is 6.01 Å². The Kier molecular flexibility index (Phi) is 4.74. The zero-order valence-corrected chi connectivity index (χ0v) is 14.9. The smallest absolute Gasteiger partial charge is 0.322 e. The molecule has 1 aliphatic rings. The third-order valence-corrected chi connectivity index (χ3v) is 6.04. The zero-order valence-electron chi connectivity index (χ0n) is 14.1. The molecular weight excluding hydrogens is 342 g/mol. The molecule has 2 aromatic rings. The van der Waals surface area contributed by atoms with Gasteiger partial charge in [-0.25, -0.2) is 8.42 Å². The van der Waals surface area contributed by atoms with Crippen LogP contribution in [-0.4, -0.2) is 49.0 Å². The number of hydrogen-bond donors (Lipinski definition) is 0. The highest BCUT2D eigenvalue weighted by Gasteiger charge is 2.31. The minimum Gasteiger partial charge on any atom is -0.322 e. The minimum atomic E-state index is -3.70. The summed E-state index contributed by atoms with van der Waals surface area (Å²) >= 11 is 0. The Morgan fingerprint density at radius 1 is 1.20 bits per heavy atom. The van der Waals surface area contributed by atoms with E-state index >= 15 is 0 Å². The number of aromatic nitrogens is 2. The van der Waals surface area contributed by atoms with Crippen molar-refractivity contribution in [1.82, 2.24) is 14.4 Å². The number of nitrogens with zero attached hydrogens (tertiary/aromatic N) is 5. The van der Waals surface area contributed by atoms with Gasteiger partial charge in [-0.1, -0.05) is 31.1 Å². The fraction of sp³-hybridized carbons (Fsp3) is 0.438. The highest BCUT2D eigenvalue weighted by molar-refractivity contribution is 7.89. The van der Waals surface area contributed by atoms with Crippen molar-refractivity contribution in [3.8, 4) is 6.07 Å². The lowest BCUT2D eigenvalue weighted by atomic mass is 10.2. The summed E-state index contributed by atoms with van der Waals surface area (Å²) in [7, 11) is -3.70. The van der Waals surface area contributed by atoms with Crippen LogP contribution in [0.15, 0.2) is 33.7 Å². The number of hydrogen-bond acceptors (Lipinski definition) is 7. The molecule has 0 N–H and O–H groups in total. The van der Waals surface area contributed by atoms with E-state index in [1.807, 2.05) is 24.8 Å². The molecule has 0 bridgehead atoms. The summed E-state index contributed by atoms with van der Waals surface area (Å²) in [4.78, 5) is 6.27. The summed E-state index contributed by atoms with van der Waals surface area (Å²) in [5, 5.41) is 13.1. The number of sulfonamides is 1. The molecule has 0 aliphatic carbocycles. The average molecular weight is 361 g/mol. The number of rotatable bonds is 4. The maximum absolute atomic E-state index is 12.8. The topological polar surface area (TPSA) is 103 Å². The maximum atomic E-state index is 12.8. The summed E-state index contributed by atoms with van der Waals surface area (Å²) in [6, 6.07) is 8.60. The summed E-state index contributed by atoms with van der Waals surface area (Å²) in [5.74, 6) is 0.801. The number of anilines is 1. The summed E-state index contributed by atoms with van der Waals surface area (Å²) < 4.78 is 32.3. The van der Waals surface area contributed by atoms with Crippen molar-refractivity contribution in [2.24, 2.45) is 0 Å². The molecular formula is C16H19N5O3S. The van der Waals surface area contributed by atoms with Crippen LogP contribution in [0.1, 0.15) is 31.2 Å². The van der Waals surface area contributed by atoms with Crippen molar-refractivity contribution in [3.05, 3.63) is 35.7 Å². The van der Waals surface area contributed by atoms with Gasteiger partial charge in [0.1, 0.15) is 6.07 Å². The predicted molar refractivity (Wildman–Crippen MR) is 90.5 cm³/mol. The van der Waals surface area contributed by atoms with Gasteiger partial charge in [0, 0.05) is 32.1 Å². The van der Waals surface area contributed by atoms with Crippen LogP contribution in [0.3, 0.4) is 0 Å². The van der Waals surface area contributed by atoms with Crippen LogP contribution in [0.4, 0.5) is 6.01 Å². The van der Waals surface area contributed by atoms with Gasteiger partial charge < -0.3 is 9.42 Å². The second kappa shape index (κ2) is 6.82. The minimum absolute atomic E-state index is 0.0471. The summed E-state index contributed by atoms with van der Waals surface area (Å²) in [6.07, 6.45) is 0. The molecule has 0 spiro atoms. The van der Waals surface area contributed by atoms with Gasteiger partial charge in [0.05, 0.1) is 10.5 Å². The number of piperazine rings is 1. The lowest BCUT2D eigenvalue weighted by Gasteiger charge is -2.32. The van der Waals surface area contributed by atoms with E-state index in [1.165, 1.54) is 16.4 Å². The third kappa shape index (κ3) is 3.36. The van der Waals surface area contributed by atoms with E-state index in [1.54, 1.807) is 12.1 Å². The van der Waals surface area contributed by atoms with Crippen molar-refractivity contribution in [1.29, 1.82) is 5.26 Å². The van der Waals surface area contributed by atoms with Crippen LogP contribution in [-0.2, 0) is 10.0 Å². The second-order valence-corrected chi connectivity index (χ2v) is 8.00. The van der Waals surface area contributed by atoms with E-state index in [-0.39, 0.29) is 16.4 Å². The Balaban J connectivity index is 1.74. The Hall–Kier alpha value is -2.44. The summed E-state index contributed by atoms with van der Waals surface area (Å²) in [6.45, 7) is 5.45. The molecule has 0 amide bonds. The standard InChI is InChI=1S/C16H19N5O3S/c1-12(2)15-18-16(24-19-15)20-7-9-21(10-8-20)25(22,23)14-6-4-3-5-13(14)11-17/h3-6,12H,7-10H2,1-2H3. The van der Waals surface area contributed by atoms with Crippen LogP contribution in [0.2, 0.25) is 0 Å². The van der Waals surface area contributed by atoms with E-state index in [9.17, 15) is 8.42 Å². The van der Waals surface area contributed by atoms with Crippen LogP contribution >= 0.6 is 0 Å². The molecule has 1 saturated heterocycles. The first kappa shape index (κ1) is 17.4. The second-order valence-electron chi connectivity index (χ2n) is 6.09. The fourth-order valence-corrected chi connectivity index (χ4v) is 4.20. The predicted octanol–water partition coefficient (Wildman–Crippen LogP) is 1.58. The van der Waals surface area contributed by atoms with Crippen molar-refractivity contribution >= 4 is 16.0 Å². The summed E-state index contributed by atoms with van der Waals surface area (Å²) in [5.41, 5.74) is 0.156. The van der Waals surface area contributed by atoms with Crippen molar-refractivity contribution in [2.75, 3.05) is 31.1 Å². The highest BCUT2D eigenvalue weighted by atomic mass is 32.2. The maximum Gasteiger partial charge on any atom is 0.324 e. The van der Waals surface area contributed by atoms with Gasteiger partial charge in [0.25, 0.3) is 0 Å². The van der Waals surface area contributed by atoms with Crippen molar-refractivity contribution in [3.63, 3.8) is 0 Å². The molecule has 2 heterocycles. The van der Waals surface area contributed by atoms with Crippen LogP contribution in [0, 0.1) is 11.3 Å². The Labute approximate surface area is 146 Å². The van der Waals surface area contributed by atoms with Crippen LogP contribution in [0.25, 0.3) is 0 Å². The van der Waals surface area contributed by atoms with E-state index < -0.39 is 10.0 Å². The third-order valence-electron chi connectivity index (χ3n) is 4.08. The molecule has 0 atom stereocenters. The van der Waals surface area contributed by atoms with Gasteiger partial charge in [-0.15, -0.1) is 0 Å². The molecule has 0 unspecified atom stereocenters. The van der Waals surface area contributed by atoms with Gasteiger partial charge in [-0.05, 0) is 12.1 Å². The van der Waals surface area contributed by atoms with E-state index in [2.05, 4.69) is 10.1 Å². The molecule has 132 valence electrons. The molecule has 9 heteroatoms. The normalized spacial score (nSPS) is 16.2. The van der Waals surface area contributed by atoms with Gasteiger partial charge in [-0.2, -0.15) is 14.6 Å². The average Bonchev–Trinajstić information content (AvgIpc) is 3.12. The first-order valence-corrected chi connectivity index (χ1v) is 9.45. The Bertz CT molecular complexity index is 892. The SMILES string of the molecule is CC(C)c1noc(N2CCN(S(=O)(=O)c3ccccc3C#N)CC2)n1. The van der Waals surface area contributed by atoms with E-state index in [0.717, 1.165) is 0 Å². The number of nitriles is 1. The van der Waals surface area contributed by atoms with Gasteiger partial charge in [0.2, 0.25) is 10.0 Å². The highest BCUT2D eigenvalue weighted by Crippen LogP contribution is 2.23. The molecule has 1 aromatic carbocycles. The van der Waals surface area contributed by atoms with Gasteiger partial charge in [-0.3, -0.25) is 0 Å². The molecule has 0 saturated carbocycles. The molecule has 25 heavy (non-hydrogen) atoms. The van der Waals surface area contributed by atoms with E-state index in [4.69, 9.17) is 9.78 Å². The Morgan fingerprint density at radius 2 is 1.88 bits per heavy atom. The molecule has 1 aromatic heterocycles. The first-order valence-electron chi connectivity index (χ1n) is 8.01. The Morgan fingerprint density at radius 3 is 2.48 bits per heavy atom. The molecule has 0 radical (unpaired) electrons. The lowest BCUT2D eigenvalue weighted by molar-refractivity contribution is 0.353. The molecule has 1 aliphatic heterocycles. The molecule has 8 nitrogen and oxygen atoms in total. The van der Waals surface area contributed by atoms with Crippen LogP contribution in [0.5, 0.6) is 0 Å². The van der Waals surface area contributed by atoms with E-state index in [0.29, 0.717) is 38.0 Å². The first-order chi connectivity index (χ1) is 11.9. The molecule has 3 rings (SSSR count). The largest absolute Gasteiger partial charge is 0.324 e. The molecule has 1 fully saturated rings. The number of benzene rings is 1. The zero-order chi connectivity index (χ0) is 18.0. The van der Waals surface area contributed by atoms with Crippen LogP contribution < -0.4 is 4.90 Å². The van der Waals surface area contributed by atoms with Crippen molar-refractivity contribution in [2.45, 2.75) is 24.7 Å². The van der Waals surface area contributed by atoms with Crippen molar-refractivity contribution < 1.29 is 12.9 Å². The quantitative estimate of drug-likeness (QED) is 0.814. The monoisotopic (exact) mass is 361 g/mol. The lowest BCUT2D eigenvalue weighted by Crippen LogP contribution is -2.48. The fourth-order valence-electron chi connectivity index (χ4n) is 2.63.